The van der Waals surface area contributed by atoms with Crippen LogP contribution in [0.5, 0.6) is 0 Å². The lowest BCUT2D eigenvalue weighted by Gasteiger charge is -2.26. The molecule has 0 atom stereocenters. The van der Waals surface area contributed by atoms with Crippen LogP contribution in [0.15, 0.2) is 48.8 Å². The molecule has 0 saturated carbocycles. The maximum atomic E-state index is 13.1. The van der Waals surface area contributed by atoms with E-state index in [-0.39, 0.29) is 11.8 Å². The lowest BCUT2D eigenvalue weighted by Crippen LogP contribution is -2.43. The third kappa shape index (κ3) is 4.07. The molecule has 1 fully saturated rings. The number of aromatic nitrogens is 4. The Bertz CT molecular complexity index is 937. The van der Waals surface area contributed by atoms with Crippen LogP contribution in [0.1, 0.15) is 11.4 Å². The van der Waals surface area contributed by atoms with Gasteiger partial charge in [0.25, 0.3) is 0 Å². The summed E-state index contributed by atoms with van der Waals surface area (Å²) in [6.45, 7) is 2.08. The monoisotopic (exact) mass is 381 g/mol. The van der Waals surface area contributed by atoms with Crippen molar-refractivity contribution in [2.75, 3.05) is 26.3 Å². The highest BCUT2D eigenvalue weighted by molar-refractivity contribution is 5.77. The molecule has 4 rings (SSSR count). The van der Waals surface area contributed by atoms with Crippen LogP contribution < -0.4 is 0 Å². The van der Waals surface area contributed by atoms with Gasteiger partial charge in [-0.1, -0.05) is 12.1 Å². The Labute approximate surface area is 161 Å². The van der Waals surface area contributed by atoms with Gasteiger partial charge in [-0.05, 0) is 36.2 Å². The van der Waals surface area contributed by atoms with E-state index in [0.717, 1.165) is 11.1 Å². The first-order chi connectivity index (χ1) is 13.7. The number of morpholine rings is 1. The number of carbonyl (C=O) groups is 1. The zero-order valence-electron chi connectivity index (χ0n) is 15.3. The average Bonchev–Trinajstić information content (AvgIpc) is 3.18. The largest absolute Gasteiger partial charge is 0.378 e. The Morgan fingerprint density at radius 2 is 1.89 bits per heavy atom. The van der Waals surface area contributed by atoms with E-state index < -0.39 is 0 Å². The number of aryl methyl sites for hydroxylation is 2. The van der Waals surface area contributed by atoms with E-state index in [0.29, 0.717) is 50.8 Å². The predicted octanol–water partition coefficient (Wildman–Crippen LogP) is 2.56. The van der Waals surface area contributed by atoms with Gasteiger partial charge in [-0.2, -0.15) is 4.68 Å². The molecule has 3 aromatic rings. The molecular formula is C20H20FN5O2. The molecule has 1 saturated heterocycles. The fourth-order valence-electron chi connectivity index (χ4n) is 3.07. The van der Waals surface area contributed by atoms with Gasteiger partial charge in [0.05, 0.1) is 13.2 Å². The van der Waals surface area contributed by atoms with E-state index in [1.165, 1.54) is 16.8 Å². The second kappa shape index (κ2) is 8.26. The number of rotatable bonds is 4. The molecule has 0 aliphatic carbocycles. The molecule has 1 aliphatic heterocycles. The predicted molar refractivity (Wildman–Crippen MR) is 100 cm³/mol. The topological polar surface area (TPSA) is 73.1 Å². The smallest absolute Gasteiger partial charge is 0.346 e. The zero-order valence-corrected chi connectivity index (χ0v) is 15.3. The van der Waals surface area contributed by atoms with Crippen molar-refractivity contribution < 1.29 is 13.9 Å². The molecule has 0 unspecified atom stereocenters. The minimum atomic E-state index is -0.270. The van der Waals surface area contributed by atoms with Gasteiger partial charge in [-0.3, -0.25) is 4.98 Å². The third-order valence-electron chi connectivity index (χ3n) is 4.61. The quantitative estimate of drug-likeness (QED) is 0.695. The second-order valence-corrected chi connectivity index (χ2v) is 6.51. The molecule has 144 valence electrons. The lowest BCUT2D eigenvalue weighted by atomic mass is 10.1. The Balaban J connectivity index is 1.61. The molecule has 0 spiro atoms. The van der Waals surface area contributed by atoms with Crippen molar-refractivity contribution >= 4 is 6.03 Å². The molecule has 2 aromatic heterocycles. The highest BCUT2D eigenvalue weighted by Gasteiger charge is 2.23. The number of carbonyl (C=O) groups excluding carboxylic acids is 1. The molecule has 28 heavy (non-hydrogen) atoms. The first-order valence-corrected chi connectivity index (χ1v) is 9.18. The van der Waals surface area contributed by atoms with Gasteiger partial charge in [0.15, 0.2) is 5.82 Å². The van der Waals surface area contributed by atoms with E-state index >= 15 is 0 Å². The molecule has 0 bridgehead atoms. The number of amides is 1. The summed E-state index contributed by atoms with van der Waals surface area (Å²) in [6.07, 6.45) is 4.48. The van der Waals surface area contributed by atoms with Crippen molar-refractivity contribution in [2.24, 2.45) is 0 Å². The van der Waals surface area contributed by atoms with E-state index in [2.05, 4.69) is 15.1 Å². The van der Waals surface area contributed by atoms with Crippen LogP contribution in [0, 0.1) is 5.82 Å². The second-order valence-electron chi connectivity index (χ2n) is 6.51. The van der Waals surface area contributed by atoms with Crippen LogP contribution >= 0.6 is 0 Å². The van der Waals surface area contributed by atoms with Gasteiger partial charge in [0.1, 0.15) is 11.6 Å². The molecule has 1 amide bonds. The van der Waals surface area contributed by atoms with Crippen LogP contribution in [-0.2, 0) is 17.6 Å². The molecule has 3 heterocycles. The fourth-order valence-corrected chi connectivity index (χ4v) is 3.07. The summed E-state index contributed by atoms with van der Waals surface area (Å²) in [5.74, 6) is 0.761. The van der Waals surface area contributed by atoms with Crippen molar-refractivity contribution in [1.29, 1.82) is 0 Å². The van der Waals surface area contributed by atoms with Gasteiger partial charge < -0.3 is 9.64 Å². The molecule has 0 N–H and O–H groups in total. The van der Waals surface area contributed by atoms with Gasteiger partial charge in [0, 0.05) is 37.5 Å². The van der Waals surface area contributed by atoms with Gasteiger partial charge in [-0.15, -0.1) is 5.10 Å². The SMILES string of the molecule is O=C(N1CCOCC1)n1nc(-c2cccnc2)nc1CCc1ccc(F)cc1. The summed E-state index contributed by atoms with van der Waals surface area (Å²) in [5.41, 5.74) is 1.72. The summed E-state index contributed by atoms with van der Waals surface area (Å²) in [5, 5.41) is 4.46. The van der Waals surface area contributed by atoms with Crippen molar-refractivity contribution in [2.45, 2.75) is 12.8 Å². The minimum Gasteiger partial charge on any atom is -0.378 e. The van der Waals surface area contributed by atoms with Crippen LogP contribution in [0.25, 0.3) is 11.4 Å². The maximum Gasteiger partial charge on any atom is 0.346 e. The zero-order chi connectivity index (χ0) is 19.3. The first kappa shape index (κ1) is 18.2. The number of ether oxygens (including phenoxy) is 1. The van der Waals surface area contributed by atoms with E-state index in [1.54, 1.807) is 35.5 Å². The third-order valence-corrected chi connectivity index (χ3v) is 4.61. The summed E-state index contributed by atoms with van der Waals surface area (Å²) >= 11 is 0. The molecule has 1 aromatic carbocycles. The summed E-state index contributed by atoms with van der Waals surface area (Å²) < 4.78 is 19.8. The molecule has 7 nitrogen and oxygen atoms in total. The number of nitrogens with zero attached hydrogens (tertiary/aromatic N) is 5. The van der Waals surface area contributed by atoms with Crippen LogP contribution in [0.2, 0.25) is 0 Å². The molecule has 1 aliphatic rings. The van der Waals surface area contributed by atoms with Crippen molar-refractivity contribution in [3.8, 4) is 11.4 Å². The van der Waals surface area contributed by atoms with Crippen molar-refractivity contribution in [3.63, 3.8) is 0 Å². The fraction of sp³-hybridized carbons (Fsp3) is 0.300. The van der Waals surface area contributed by atoms with Crippen molar-refractivity contribution in [3.05, 3.63) is 66.0 Å². The Morgan fingerprint density at radius 3 is 2.61 bits per heavy atom. The van der Waals surface area contributed by atoms with E-state index in [4.69, 9.17) is 4.74 Å². The standard InChI is InChI=1S/C20H20FN5O2/c21-17-6-3-15(4-7-17)5-8-18-23-19(16-2-1-9-22-14-16)24-26(18)20(27)25-10-12-28-13-11-25/h1-4,6-7,9,14H,5,8,10-13H2. The van der Waals surface area contributed by atoms with Gasteiger partial charge in [0.2, 0.25) is 0 Å². The van der Waals surface area contributed by atoms with Crippen LogP contribution in [0.4, 0.5) is 9.18 Å². The van der Waals surface area contributed by atoms with E-state index in [1.807, 2.05) is 6.07 Å². The average molecular weight is 381 g/mol. The lowest BCUT2D eigenvalue weighted by molar-refractivity contribution is 0.0527. The summed E-state index contributed by atoms with van der Waals surface area (Å²) in [6, 6.07) is 9.79. The molecule has 8 heteroatoms. The highest BCUT2D eigenvalue weighted by atomic mass is 19.1. The number of benzene rings is 1. The summed E-state index contributed by atoms with van der Waals surface area (Å²) in [7, 11) is 0. The molecular weight excluding hydrogens is 361 g/mol. The maximum absolute atomic E-state index is 13.1. The molecule has 0 radical (unpaired) electrons. The van der Waals surface area contributed by atoms with Crippen LogP contribution in [0.3, 0.4) is 0 Å². The minimum absolute atomic E-state index is 0.208. The summed E-state index contributed by atoms with van der Waals surface area (Å²) in [4.78, 5) is 23.4. The normalized spacial score (nSPS) is 14.2. The Hall–Kier alpha value is -3.13. The Kier molecular flexibility index (Phi) is 5.38. The number of hydrogen-bond acceptors (Lipinski definition) is 5. The first-order valence-electron chi connectivity index (χ1n) is 9.18. The number of hydrogen-bond donors (Lipinski definition) is 0. The number of halogens is 1. The van der Waals surface area contributed by atoms with Crippen LogP contribution in [-0.4, -0.2) is 57.0 Å². The number of pyridine rings is 1. The van der Waals surface area contributed by atoms with Gasteiger partial charge >= 0.3 is 6.03 Å². The van der Waals surface area contributed by atoms with Crippen molar-refractivity contribution in [1.82, 2.24) is 24.6 Å². The van der Waals surface area contributed by atoms with Gasteiger partial charge in [-0.25, -0.2) is 14.2 Å². The van der Waals surface area contributed by atoms with E-state index in [9.17, 15) is 9.18 Å². The Morgan fingerprint density at radius 1 is 1.11 bits per heavy atom. The highest BCUT2D eigenvalue weighted by Crippen LogP contribution is 2.17.